The highest BCUT2D eigenvalue weighted by atomic mass is 19.1. The second-order valence-electron chi connectivity index (χ2n) is 3.37. The zero-order chi connectivity index (χ0) is 9.10. The molecule has 0 bridgehead atoms. The maximum Gasteiger partial charge on any atom is 0.110 e. The maximum absolute atomic E-state index is 12.9. The minimum atomic E-state index is 0.00165. The minimum Gasteiger partial charge on any atom is -0.367 e. The van der Waals surface area contributed by atoms with Crippen LogP contribution in [0.2, 0.25) is 0 Å². The van der Waals surface area contributed by atoms with Gasteiger partial charge in [0.1, 0.15) is 5.83 Å². The van der Waals surface area contributed by atoms with Gasteiger partial charge in [-0.2, -0.15) is 0 Å². The van der Waals surface area contributed by atoms with Gasteiger partial charge in [0.25, 0.3) is 0 Å². The van der Waals surface area contributed by atoms with Crippen molar-refractivity contribution in [1.29, 1.82) is 0 Å². The summed E-state index contributed by atoms with van der Waals surface area (Å²) in [6.45, 7) is 2.26. The number of H-pyrrole nitrogens is 1. The standard InChI is InChI=1S/C10H13FN2/c11-10-2-1-5-13(8-10)7-9-3-4-12-6-9/h2-4,6,12H,1,5,7-8H2. The first kappa shape index (κ1) is 8.51. The maximum atomic E-state index is 12.9. The number of hydrogen-bond acceptors (Lipinski definition) is 1. The lowest BCUT2D eigenvalue weighted by atomic mass is 10.2. The van der Waals surface area contributed by atoms with Crippen LogP contribution in [0.1, 0.15) is 12.0 Å². The lowest BCUT2D eigenvalue weighted by Gasteiger charge is -2.23. The summed E-state index contributed by atoms with van der Waals surface area (Å²) in [5.74, 6) is 0.00165. The van der Waals surface area contributed by atoms with Gasteiger partial charge in [-0.15, -0.1) is 0 Å². The topological polar surface area (TPSA) is 19.0 Å². The average molecular weight is 180 g/mol. The van der Waals surface area contributed by atoms with Crippen molar-refractivity contribution in [3.63, 3.8) is 0 Å². The largest absolute Gasteiger partial charge is 0.367 e. The predicted octanol–water partition coefficient (Wildman–Crippen LogP) is 2.07. The quantitative estimate of drug-likeness (QED) is 0.738. The van der Waals surface area contributed by atoms with E-state index in [1.165, 1.54) is 5.56 Å². The number of aromatic nitrogens is 1. The van der Waals surface area contributed by atoms with E-state index in [0.29, 0.717) is 6.54 Å². The van der Waals surface area contributed by atoms with Crippen LogP contribution in [0.3, 0.4) is 0 Å². The summed E-state index contributed by atoms with van der Waals surface area (Å²) in [6, 6.07) is 2.02. The number of nitrogens with one attached hydrogen (secondary N) is 1. The van der Waals surface area contributed by atoms with Crippen LogP contribution in [0, 0.1) is 0 Å². The molecule has 2 rings (SSSR count). The highest BCUT2D eigenvalue weighted by Crippen LogP contribution is 2.13. The number of halogens is 1. The third-order valence-corrected chi connectivity index (χ3v) is 2.25. The molecule has 0 unspecified atom stereocenters. The van der Waals surface area contributed by atoms with E-state index < -0.39 is 0 Å². The van der Waals surface area contributed by atoms with Crippen LogP contribution in [-0.2, 0) is 6.54 Å². The van der Waals surface area contributed by atoms with Gasteiger partial charge in [0, 0.05) is 25.5 Å². The molecule has 0 aliphatic carbocycles. The summed E-state index contributed by atoms with van der Waals surface area (Å²) >= 11 is 0. The fourth-order valence-corrected chi connectivity index (χ4v) is 1.61. The zero-order valence-corrected chi connectivity index (χ0v) is 7.46. The Morgan fingerprint density at radius 1 is 1.54 bits per heavy atom. The van der Waals surface area contributed by atoms with Crippen molar-refractivity contribution in [2.75, 3.05) is 13.1 Å². The normalized spacial score (nSPS) is 18.7. The highest BCUT2D eigenvalue weighted by Gasteiger charge is 2.12. The molecule has 2 heterocycles. The van der Waals surface area contributed by atoms with Crippen molar-refractivity contribution in [1.82, 2.24) is 9.88 Å². The molecule has 0 radical (unpaired) electrons. The molecule has 3 heteroatoms. The van der Waals surface area contributed by atoms with E-state index in [9.17, 15) is 4.39 Å². The summed E-state index contributed by atoms with van der Waals surface area (Å²) in [6.07, 6.45) is 6.35. The van der Waals surface area contributed by atoms with Crippen molar-refractivity contribution in [3.05, 3.63) is 35.9 Å². The molecule has 1 aromatic rings. The zero-order valence-electron chi connectivity index (χ0n) is 7.46. The summed E-state index contributed by atoms with van der Waals surface area (Å²) in [5, 5.41) is 0. The van der Waals surface area contributed by atoms with E-state index in [4.69, 9.17) is 0 Å². The van der Waals surface area contributed by atoms with Gasteiger partial charge >= 0.3 is 0 Å². The van der Waals surface area contributed by atoms with Crippen LogP contribution < -0.4 is 0 Å². The molecule has 70 valence electrons. The Bertz CT molecular complexity index is 290. The number of nitrogens with zero attached hydrogens (tertiary/aromatic N) is 1. The van der Waals surface area contributed by atoms with Crippen molar-refractivity contribution >= 4 is 0 Å². The van der Waals surface area contributed by atoms with Gasteiger partial charge in [0.05, 0.1) is 6.54 Å². The fourth-order valence-electron chi connectivity index (χ4n) is 1.61. The van der Waals surface area contributed by atoms with Crippen molar-refractivity contribution in [3.8, 4) is 0 Å². The molecule has 13 heavy (non-hydrogen) atoms. The molecule has 0 fully saturated rings. The first-order valence-electron chi connectivity index (χ1n) is 4.53. The lowest BCUT2D eigenvalue weighted by molar-refractivity contribution is 0.259. The van der Waals surface area contributed by atoms with Gasteiger partial charge in [0.15, 0.2) is 0 Å². The van der Waals surface area contributed by atoms with Gasteiger partial charge in [-0.1, -0.05) is 6.08 Å². The lowest BCUT2D eigenvalue weighted by Crippen LogP contribution is -2.28. The van der Waals surface area contributed by atoms with E-state index in [2.05, 4.69) is 9.88 Å². The number of rotatable bonds is 2. The summed E-state index contributed by atoms with van der Waals surface area (Å²) in [5.41, 5.74) is 1.22. The van der Waals surface area contributed by atoms with E-state index in [1.807, 2.05) is 18.5 Å². The molecule has 1 aliphatic heterocycles. The van der Waals surface area contributed by atoms with Crippen LogP contribution in [0.25, 0.3) is 0 Å². The van der Waals surface area contributed by atoms with Crippen molar-refractivity contribution in [2.24, 2.45) is 0 Å². The SMILES string of the molecule is FC1=CCCN(Cc2cc[nH]c2)C1. The minimum absolute atomic E-state index is 0.00165. The Morgan fingerprint density at radius 2 is 2.46 bits per heavy atom. The molecule has 2 nitrogen and oxygen atoms in total. The molecule has 0 atom stereocenters. The Morgan fingerprint density at radius 3 is 3.15 bits per heavy atom. The van der Waals surface area contributed by atoms with Gasteiger partial charge in [-0.3, -0.25) is 4.90 Å². The summed E-state index contributed by atoms with van der Waals surface area (Å²) < 4.78 is 12.9. The molecular formula is C10H13FN2. The molecule has 1 aliphatic rings. The summed E-state index contributed by atoms with van der Waals surface area (Å²) in [4.78, 5) is 5.11. The Kier molecular flexibility index (Phi) is 2.45. The van der Waals surface area contributed by atoms with Crippen molar-refractivity contribution in [2.45, 2.75) is 13.0 Å². The Balaban J connectivity index is 1.93. The van der Waals surface area contributed by atoms with Gasteiger partial charge in [-0.25, -0.2) is 4.39 Å². The van der Waals surface area contributed by atoms with Crippen LogP contribution in [0.15, 0.2) is 30.4 Å². The molecule has 0 saturated heterocycles. The second kappa shape index (κ2) is 3.75. The van der Waals surface area contributed by atoms with E-state index >= 15 is 0 Å². The summed E-state index contributed by atoms with van der Waals surface area (Å²) in [7, 11) is 0. The second-order valence-corrected chi connectivity index (χ2v) is 3.37. The molecule has 0 amide bonds. The van der Waals surface area contributed by atoms with Crippen LogP contribution >= 0.6 is 0 Å². The molecule has 1 N–H and O–H groups in total. The first-order chi connectivity index (χ1) is 6.34. The van der Waals surface area contributed by atoms with E-state index in [1.54, 1.807) is 6.08 Å². The number of aromatic amines is 1. The monoisotopic (exact) mass is 180 g/mol. The van der Waals surface area contributed by atoms with Gasteiger partial charge in [-0.05, 0) is 18.1 Å². The number of hydrogen-bond donors (Lipinski definition) is 1. The van der Waals surface area contributed by atoms with E-state index in [0.717, 1.165) is 19.5 Å². The van der Waals surface area contributed by atoms with Gasteiger partial charge < -0.3 is 4.98 Å². The first-order valence-corrected chi connectivity index (χ1v) is 4.53. The molecule has 0 spiro atoms. The molecule has 1 aromatic heterocycles. The van der Waals surface area contributed by atoms with Gasteiger partial charge in [0.2, 0.25) is 0 Å². The van der Waals surface area contributed by atoms with Crippen molar-refractivity contribution < 1.29 is 4.39 Å². The third-order valence-electron chi connectivity index (χ3n) is 2.25. The third kappa shape index (κ3) is 2.18. The Hall–Kier alpha value is -1.09. The Labute approximate surface area is 77.1 Å². The fraction of sp³-hybridized carbons (Fsp3) is 0.400. The smallest absolute Gasteiger partial charge is 0.110 e. The van der Waals surface area contributed by atoms with Crippen LogP contribution in [-0.4, -0.2) is 23.0 Å². The predicted molar refractivity (Wildman–Crippen MR) is 49.9 cm³/mol. The molecule has 0 saturated carbocycles. The van der Waals surface area contributed by atoms with Crippen LogP contribution in [0.4, 0.5) is 4.39 Å². The molecular weight excluding hydrogens is 167 g/mol. The molecule has 0 aromatic carbocycles. The van der Waals surface area contributed by atoms with Crippen LogP contribution in [0.5, 0.6) is 0 Å². The highest BCUT2D eigenvalue weighted by molar-refractivity contribution is 5.09. The average Bonchev–Trinajstić information content (AvgIpc) is 2.57. The van der Waals surface area contributed by atoms with E-state index in [-0.39, 0.29) is 5.83 Å².